The normalized spacial score (nSPS) is 10.7. The second kappa shape index (κ2) is 7.79. The van der Waals surface area contributed by atoms with E-state index in [-0.39, 0.29) is 11.7 Å². The van der Waals surface area contributed by atoms with E-state index in [4.69, 9.17) is 0 Å². The van der Waals surface area contributed by atoms with E-state index in [9.17, 15) is 4.79 Å². The molecule has 0 aliphatic rings. The number of para-hydroxylation sites is 1. The highest BCUT2D eigenvalue weighted by Gasteiger charge is 2.10. The monoisotopic (exact) mass is 378 g/mol. The average molecular weight is 378 g/mol. The summed E-state index contributed by atoms with van der Waals surface area (Å²) in [4.78, 5) is 12.2. The van der Waals surface area contributed by atoms with E-state index in [1.54, 1.807) is 18.5 Å². The molecule has 0 aliphatic carbocycles. The minimum atomic E-state index is -0.127. The number of aromatic nitrogens is 7. The van der Waals surface area contributed by atoms with Crippen LogP contribution in [0.3, 0.4) is 0 Å². The maximum absolute atomic E-state index is 12.2. The first kappa shape index (κ1) is 16.9. The highest BCUT2D eigenvalue weighted by atomic mass is 32.2. The summed E-state index contributed by atoms with van der Waals surface area (Å²) in [6, 6.07) is 17.0. The van der Waals surface area contributed by atoms with Crippen LogP contribution in [0.1, 0.15) is 0 Å². The number of thioether (sulfide) groups is 1. The van der Waals surface area contributed by atoms with E-state index < -0.39 is 0 Å². The number of benzene rings is 2. The summed E-state index contributed by atoms with van der Waals surface area (Å²) in [5.74, 6) is 0.0954. The number of nitrogens with one attached hydrogen (secondary N) is 1. The fourth-order valence-electron chi connectivity index (χ4n) is 2.39. The van der Waals surface area contributed by atoms with Gasteiger partial charge in [0.25, 0.3) is 0 Å². The Morgan fingerprint density at radius 2 is 1.78 bits per heavy atom. The molecular formula is C17H14N8OS. The molecule has 0 aliphatic heterocycles. The lowest BCUT2D eigenvalue weighted by Crippen LogP contribution is -2.14. The van der Waals surface area contributed by atoms with Gasteiger partial charge in [0.05, 0.1) is 11.4 Å². The average Bonchev–Trinajstić information content (AvgIpc) is 3.40. The van der Waals surface area contributed by atoms with Crippen molar-refractivity contribution in [1.29, 1.82) is 0 Å². The summed E-state index contributed by atoms with van der Waals surface area (Å²) in [5.41, 5.74) is 2.45. The van der Waals surface area contributed by atoms with E-state index in [1.807, 2.05) is 47.0 Å². The van der Waals surface area contributed by atoms with Gasteiger partial charge in [-0.05, 0) is 46.8 Å². The summed E-state index contributed by atoms with van der Waals surface area (Å²) in [6.45, 7) is 0. The van der Waals surface area contributed by atoms with Crippen LogP contribution in [-0.2, 0) is 4.79 Å². The molecule has 134 valence electrons. The van der Waals surface area contributed by atoms with Crippen molar-refractivity contribution in [3.63, 3.8) is 0 Å². The molecule has 1 N–H and O–H groups in total. The number of rotatable bonds is 6. The maximum Gasteiger partial charge on any atom is 0.234 e. The molecule has 0 saturated carbocycles. The van der Waals surface area contributed by atoms with Crippen LogP contribution < -0.4 is 5.32 Å². The molecule has 0 unspecified atom stereocenters. The van der Waals surface area contributed by atoms with Crippen LogP contribution in [0.2, 0.25) is 0 Å². The fourth-order valence-corrected chi connectivity index (χ4v) is 3.12. The lowest BCUT2D eigenvalue weighted by molar-refractivity contribution is -0.113. The van der Waals surface area contributed by atoms with Gasteiger partial charge in [0, 0.05) is 11.4 Å². The van der Waals surface area contributed by atoms with Gasteiger partial charge < -0.3 is 5.32 Å². The number of amides is 1. The third-order valence-corrected chi connectivity index (χ3v) is 4.59. The Hall–Kier alpha value is -3.53. The topological polar surface area (TPSA) is 103 Å². The van der Waals surface area contributed by atoms with Crippen LogP contribution in [-0.4, -0.2) is 46.6 Å². The van der Waals surface area contributed by atoms with Gasteiger partial charge in [-0.25, -0.2) is 4.68 Å². The summed E-state index contributed by atoms with van der Waals surface area (Å²) in [5, 5.41) is 22.5. The first-order valence-corrected chi connectivity index (χ1v) is 9.00. The highest BCUT2D eigenvalue weighted by molar-refractivity contribution is 7.99. The number of hydrogen-bond donors (Lipinski definition) is 1. The van der Waals surface area contributed by atoms with E-state index in [0.717, 1.165) is 11.4 Å². The summed E-state index contributed by atoms with van der Waals surface area (Å²) in [6.07, 6.45) is 3.14. The molecule has 2 heterocycles. The number of tetrazole rings is 1. The largest absolute Gasteiger partial charge is 0.325 e. The lowest BCUT2D eigenvalue weighted by atomic mass is 10.3. The smallest absolute Gasteiger partial charge is 0.234 e. The summed E-state index contributed by atoms with van der Waals surface area (Å²) < 4.78 is 3.39. The molecule has 4 aromatic rings. The molecule has 0 spiro atoms. The van der Waals surface area contributed by atoms with Gasteiger partial charge in [0.1, 0.15) is 12.7 Å². The number of nitrogens with zero attached hydrogens (tertiary/aromatic N) is 7. The standard InChI is InChI=1S/C17H14N8OS/c26-16(20-13-6-8-15(9-7-13)25-12-19-22-23-25)10-27-17-21-18-11-24(17)14-4-2-1-3-5-14/h1-9,11-12H,10H2,(H,20,26). The molecule has 10 heteroatoms. The van der Waals surface area contributed by atoms with Crippen molar-refractivity contribution < 1.29 is 4.79 Å². The lowest BCUT2D eigenvalue weighted by Gasteiger charge is -2.07. The van der Waals surface area contributed by atoms with E-state index in [1.165, 1.54) is 22.8 Å². The summed E-state index contributed by atoms with van der Waals surface area (Å²) in [7, 11) is 0. The third-order valence-electron chi connectivity index (χ3n) is 3.65. The minimum absolute atomic E-state index is 0.127. The van der Waals surface area contributed by atoms with Gasteiger partial charge in [-0.1, -0.05) is 30.0 Å². The minimum Gasteiger partial charge on any atom is -0.325 e. The number of carbonyl (C=O) groups excluding carboxylic acids is 1. The van der Waals surface area contributed by atoms with Crippen molar-refractivity contribution in [1.82, 2.24) is 35.0 Å². The number of carbonyl (C=O) groups is 1. The Labute approximate surface area is 158 Å². The van der Waals surface area contributed by atoms with Crippen molar-refractivity contribution in [3.05, 3.63) is 67.3 Å². The molecule has 0 saturated heterocycles. The first-order chi connectivity index (χ1) is 13.3. The Bertz CT molecular complexity index is 1010. The predicted octanol–water partition coefficient (Wildman–Crippen LogP) is 1.97. The summed E-state index contributed by atoms with van der Waals surface area (Å²) >= 11 is 1.32. The van der Waals surface area contributed by atoms with Gasteiger partial charge in [-0.3, -0.25) is 9.36 Å². The van der Waals surface area contributed by atoms with Crippen LogP contribution in [0.5, 0.6) is 0 Å². The Morgan fingerprint density at radius 3 is 2.52 bits per heavy atom. The van der Waals surface area contributed by atoms with Crippen molar-refractivity contribution in [2.45, 2.75) is 5.16 Å². The molecule has 0 atom stereocenters. The highest BCUT2D eigenvalue weighted by Crippen LogP contribution is 2.20. The Kier molecular flexibility index (Phi) is 4.88. The Balaban J connectivity index is 1.36. The van der Waals surface area contributed by atoms with E-state index in [2.05, 4.69) is 31.0 Å². The van der Waals surface area contributed by atoms with Gasteiger partial charge >= 0.3 is 0 Å². The maximum atomic E-state index is 12.2. The molecule has 1 amide bonds. The van der Waals surface area contributed by atoms with Crippen LogP contribution in [0.25, 0.3) is 11.4 Å². The molecule has 0 radical (unpaired) electrons. The molecule has 4 rings (SSSR count). The zero-order valence-corrected chi connectivity index (χ0v) is 14.8. The van der Waals surface area contributed by atoms with Gasteiger partial charge in [-0.15, -0.1) is 15.3 Å². The molecular weight excluding hydrogens is 364 g/mol. The zero-order valence-electron chi connectivity index (χ0n) is 14.0. The van der Waals surface area contributed by atoms with Gasteiger partial charge in [0.15, 0.2) is 5.16 Å². The van der Waals surface area contributed by atoms with Crippen molar-refractivity contribution >= 4 is 23.4 Å². The van der Waals surface area contributed by atoms with Crippen molar-refractivity contribution in [2.24, 2.45) is 0 Å². The zero-order chi connectivity index (χ0) is 18.5. The van der Waals surface area contributed by atoms with Crippen LogP contribution in [0.15, 0.2) is 72.4 Å². The van der Waals surface area contributed by atoms with E-state index >= 15 is 0 Å². The molecule has 27 heavy (non-hydrogen) atoms. The second-order valence-corrected chi connectivity index (χ2v) is 6.40. The van der Waals surface area contributed by atoms with Crippen LogP contribution in [0, 0.1) is 0 Å². The quantitative estimate of drug-likeness (QED) is 0.512. The van der Waals surface area contributed by atoms with Gasteiger partial charge in [0.2, 0.25) is 5.91 Å². The molecule has 0 fully saturated rings. The number of hydrogen-bond acceptors (Lipinski definition) is 7. The second-order valence-electron chi connectivity index (χ2n) is 5.46. The molecule has 2 aromatic carbocycles. The predicted molar refractivity (Wildman–Crippen MR) is 99.9 cm³/mol. The SMILES string of the molecule is O=C(CSc1nncn1-c1ccccc1)Nc1ccc(-n2cnnn2)cc1. The third kappa shape index (κ3) is 4.01. The van der Waals surface area contributed by atoms with Gasteiger partial charge in [-0.2, -0.15) is 0 Å². The van der Waals surface area contributed by atoms with Crippen molar-refractivity contribution in [2.75, 3.05) is 11.1 Å². The van der Waals surface area contributed by atoms with E-state index in [0.29, 0.717) is 10.8 Å². The van der Waals surface area contributed by atoms with Crippen molar-refractivity contribution in [3.8, 4) is 11.4 Å². The van der Waals surface area contributed by atoms with Crippen LogP contribution in [0.4, 0.5) is 5.69 Å². The van der Waals surface area contributed by atoms with Crippen LogP contribution >= 0.6 is 11.8 Å². The number of anilines is 1. The fraction of sp³-hybridized carbons (Fsp3) is 0.0588. The molecule has 9 nitrogen and oxygen atoms in total. The Morgan fingerprint density at radius 1 is 0.963 bits per heavy atom. The first-order valence-electron chi connectivity index (χ1n) is 8.01. The molecule has 2 aromatic heterocycles. The molecule has 0 bridgehead atoms.